The minimum absolute atomic E-state index is 0.0384. The lowest BCUT2D eigenvalue weighted by Crippen LogP contribution is -2.49. The molecule has 0 aromatic heterocycles. The van der Waals surface area contributed by atoms with E-state index in [9.17, 15) is 20.1 Å². The SMILES string of the molecule is CC(O)c1cccc(NC(=O)c2ccc(O)cc2OC[C@@H](O)CN2CCC3(CC2)Cc2cc(Cl)ccc2O3)c1. The third-order valence-corrected chi connectivity index (χ3v) is 7.60. The van der Waals surface area contributed by atoms with Crippen LogP contribution in [0.5, 0.6) is 17.2 Å². The van der Waals surface area contributed by atoms with Gasteiger partial charge in [-0.15, -0.1) is 0 Å². The lowest BCUT2D eigenvalue weighted by atomic mass is 9.87. The molecule has 1 fully saturated rings. The molecule has 2 aliphatic heterocycles. The van der Waals surface area contributed by atoms with Gasteiger partial charge in [0.2, 0.25) is 0 Å². The molecule has 1 saturated heterocycles. The Kier molecular flexibility index (Phi) is 8.00. The van der Waals surface area contributed by atoms with Gasteiger partial charge in [-0.2, -0.15) is 0 Å². The first-order chi connectivity index (χ1) is 18.7. The number of nitrogens with one attached hydrogen (secondary N) is 1. The zero-order chi connectivity index (χ0) is 27.6. The highest BCUT2D eigenvalue weighted by Gasteiger charge is 2.42. The summed E-state index contributed by atoms with van der Waals surface area (Å²) in [6.45, 7) is 3.59. The standard InChI is InChI=1S/C30H33ClN2O6/c1-19(34)20-3-2-4-23(14-20)32-29(37)26-7-6-24(35)15-28(26)38-18-25(36)17-33-11-9-30(10-12-33)16-21-13-22(31)5-8-27(21)39-30/h2-8,13-15,19,25,34-36H,9-12,16-18H2,1H3,(H,32,37)/t19?,25-/m0/s1. The minimum atomic E-state index is -0.791. The summed E-state index contributed by atoms with van der Waals surface area (Å²) in [5.74, 6) is 0.601. The second kappa shape index (κ2) is 11.4. The predicted octanol–water partition coefficient (Wildman–Crippen LogP) is 4.56. The van der Waals surface area contributed by atoms with Crippen molar-refractivity contribution < 1.29 is 29.6 Å². The van der Waals surface area contributed by atoms with Gasteiger partial charge in [0.05, 0.1) is 11.7 Å². The van der Waals surface area contributed by atoms with Gasteiger partial charge >= 0.3 is 0 Å². The molecule has 39 heavy (non-hydrogen) atoms. The van der Waals surface area contributed by atoms with Crippen LogP contribution in [0.2, 0.25) is 5.02 Å². The van der Waals surface area contributed by atoms with Crippen LogP contribution in [0.4, 0.5) is 5.69 Å². The fourth-order valence-electron chi connectivity index (χ4n) is 5.25. The number of phenolic OH excluding ortho intramolecular Hbond substituents is 1. The number of aliphatic hydroxyl groups excluding tert-OH is 2. The van der Waals surface area contributed by atoms with Gasteiger partial charge < -0.3 is 35.0 Å². The minimum Gasteiger partial charge on any atom is -0.508 e. The van der Waals surface area contributed by atoms with E-state index in [1.165, 1.54) is 18.2 Å². The van der Waals surface area contributed by atoms with E-state index in [0.717, 1.165) is 43.7 Å². The summed E-state index contributed by atoms with van der Waals surface area (Å²) >= 11 is 6.15. The maximum Gasteiger partial charge on any atom is 0.259 e. The maximum atomic E-state index is 13.0. The number of halogens is 1. The van der Waals surface area contributed by atoms with Gasteiger partial charge in [-0.05, 0) is 60.5 Å². The summed E-state index contributed by atoms with van der Waals surface area (Å²) in [4.78, 5) is 15.2. The van der Waals surface area contributed by atoms with Gasteiger partial charge in [-0.25, -0.2) is 0 Å². The predicted molar refractivity (Wildman–Crippen MR) is 149 cm³/mol. The highest BCUT2D eigenvalue weighted by molar-refractivity contribution is 6.30. The van der Waals surface area contributed by atoms with Crippen LogP contribution >= 0.6 is 11.6 Å². The van der Waals surface area contributed by atoms with Crippen molar-refractivity contribution in [1.29, 1.82) is 0 Å². The van der Waals surface area contributed by atoms with Gasteiger partial charge in [0.25, 0.3) is 5.91 Å². The third kappa shape index (κ3) is 6.47. The molecule has 2 aliphatic rings. The Bertz CT molecular complexity index is 1340. The Hall–Kier alpha value is -3.30. The van der Waals surface area contributed by atoms with E-state index in [4.69, 9.17) is 21.1 Å². The Morgan fingerprint density at radius 3 is 2.69 bits per heavy atom. The van der Waals surface area contributed by atoms with E-state index in [-0.39, 0.29) is 29.3 Å². The Labute approximate surface area is 232 Å². The number of piperidine rings is 1. The molecule has 0 aliphatic carbocycles. The number of aliphatic hydroxyl groups is 2. The zero-order valence-electron chi connectivity index (χ0n) is 21.8. The Morgan fingerprint density at radius 2 is 1.92 bits per heavy atom. The number of phenols is 1. The number of rotatable bonds is 8. The molecule has 1 spiro atoms. The number of hydrogen-bond donors (Lipinski definition) is 4. The molecule has 1 amide bonds. The number of carbonyl (C=O) groups excluding carboxylic acids is 1. The van der Waals surface area contributed by atoms with Crippen LogP contribution in [0.1, 0.15) is 47.4 Å². The first-order valence-corrected chi connectivity index (χ1v) is 13.5. The first kappa shape index (κ1) is 27.3. The first-order valence-electron chi connectivity index (χ1n) is 13.1. The zero-order valence-corrected chi connectivity index (χ0v) is 22.5. The second-order valence-corrected chi connectivity index (χ2v) is 10.9. The quantitative estimate of drug-likeness (QED) is 0.324. The summed E-state index contributed by atoms with van der Waals surface area (Å²) in [6.07, 6.45) is 1.08. The molecular weight excluding hydrogens is 520 g/mol. The van der Waals surface area contributed by atoms with Crippen molar-refractivity contribution in [2.45, 2.75) is 44.0 Å². The number of fused-ring (bicyclic) bond motifs is 1. The van der Waals surface area contributed by atoms with Crippen LogP contribution in [-0.2, 0) is 6.42 Å². The monoisotopic (exact) mass is 552 g/mol. The number of likely N-dealkylation sites (tertiary alicyclic amines) is 1. The van der Waals surface area contributed by atoms with E-state index in [1.807, 2.05) is 18.2 Å². The van der Waals surface area contributed by atoms with Gasteiger partial charge in [0.15, 0.2) is 0 Å². The number of hydrogen-bond acceptors (Lipinski definition) is 7. The molecular formula is C30H33ClN2O6. The molecule has 9 heteroatoms. The molecule has 1 unspecified atom stereocenters. The average Bonchev–Trinajstić information content (AvgIpc) is 3.26. The van der Waals surface area contributed by atoms with E-state index in [0.29, 0.717) is 22.8 Å². The summed E-state index contributed by atoms with van der Waals surface area (Å²) in [5, 5.41) is 34.0. The van der Waals surface area contributed by atoms with Crippen molar-refractivity contribution in [3.8, 4) is 17.2 Å². The fourth-order valence-corrected chi connectivity index (χ4v) is 5.45. The third-order valence-electron chi connectivity index (χ3n) is 7.37. The van der Waals surface area contributed by atoms with Crippen LogP contribution in [-0.4, -0.2) is 64.1 Å². The Morgan fingerprint density at radius 1 is 1.13 bits per heavy atom. The molecule has 0 saturated carbocycles. The molecule has 3 aromatic rings. The number of benzene rings is 3. The van der Waals surface area contributed by atoms with Gasteiger partial charge in [-0.3, -0.25) is 4.79 Å². The van der Waals surface area contributed by atoms with E-state index in [1.54, 1.807) is 31.2 Å². The molecule has 8 nitrogen and oxygen atoms in total. The van der Waals surface area contributed by atoms with Crippen molar-refractivity contribution in [3.05, 3.63) is 82.4 Å². The summed E-state index contributed by atoms with van der Waals surface area (Å²) < 4.78 is 12.1. The topological polar surface area (TPSA) is 111 Å². The van der Waals surface area contributed by atoms with Crippen LogP contribution < -0.4 is 14.8 Å². The number of ether oxygens (including phenoxy) is 2. The Balaban J connectivity index is 1.15. The summed E-state index contributed by atoms with van der Waals surface area (Å²) in [6, 6.07) is 16.9. The normalized spacial score (nSPS) is 17.7. The van der Waals surface area contributed by atoms with Crippen LogP contribution in [0.15, 0.2) is 60.7 Å². The highest BCUT2D eigenvalue weighted by atomic mass is 35.5. The van der Waals surface area contributed by atoms with Crippen molar-refractivity contribution in [2.75, 3.05) is 31.6 Å². The van der Waals surface area contributed by atoms with E-state index in [2.05, 4.69) is 10.2 Å². The number of carbonyl (C=O) groups is 1. The molecule has 0 radical (unpaired) electrons. The van der Waals surface area contributed by atoms with E-state index >= 15 is 0 Å². The average molecular weight is 553 g/mol. The number of aromatic hydroxyl groups is 1. The summed E-state index contributed by atoms with van der Waals surface area (Å²) in [5.41, 5.74) is 2.35. The van der Waals surface area contributed by atoms with Crippen LogP contribution in [0.25, 0.3) is 0 Å². The van der Waals surface area contributed by atoms with Crippen molar-refractivity contribution in [3.63, 3.8) is 0 Å². The molecule has 2 atom stereocenters. The largest absolute Gasteiger partial charge is 0.508 e. The smallest absolute Gasteiger partial charge is 0.259 e. The molecule has 0 bridgehead atoms. The number of nitrogens with zero attached hydrogens (tertiary/aromatic N) is 1. The molecule has 4 N–H and O–H groups in total. The van der Waals surface area contributed by atoms with Crippen molar-refractivity contribution in [1.82, 2.24) is 4.90 Å². The lowest BCUT2D eigenvalue weighted by molar-refractivity contribution is -0.00200. The van der Waals surface area contributed by atoms with Gasteiger partial charge in [0.1, 0.15) is 35.6 Å². The molecule has 3 aromatic carbocycles. The van der Waals surface area contributed by atoms with E-state index < -0.39 is 18.1 Å². The second-order valence-electron chi connectivity index (χ2n) is 10.4. The van der Waals surface area contributed by atoms with Gasteiger partial charge in [-0.1, -0.05) is 23.7 Å². The van der Waals surface area contributed by atoms with Crippen molar-refractivity contribution >= 4 is 23.2 Å². The summed E-state index contributed by atoms with van der Waals surface area (Å²) in [7, 11) is 0. The van der Waals surface area contributed by atoms with Crippen molar-refractivity contribution in [2.24, 2.45) is 0 Å². The highest BCUT2D eigenvalue weighted by Crippen LogP contribution is 2.42. The molecule has 2 heterocycles. The lowest BCUT2D eigenvalue weighted by Gasteiger charge is -2.39. The number of amides is 1. The van der Waals surface area contributed by atoms with Crippen LogP contribution in [0, 0.1) is 0 Å². The molecule has 5 rings (SSSR count). The number of anilines is 1. The fraction of sp³-hybridized carbons (Fsp3) is 0.367. The maximum absolute atomic E-state index is 13.0. The van der Waals surface area contributed by atoms with Gasteiger partial charge in [0, 0.05) is 55.7 Å². The molecule has 206 valence electrons. The number of β-amino-alcohol motifs (C(OH)–C–C–N with tert-alkyl or cyclic N) is 1. The van der Waals surface area contributed by atoms with Crippen LogP contribution in [0.3, 0.4) is 0 Å².